The number of thiophene rings is 1. The summed E-state index contributed by atoms with van der Waals surface area (Å²) in [7, 11) is -2.56. The largest absolute Gasteiger partial charge is 0.465 e. The van der Waals surface area contributed by atoms with E-state index in [2.05, 4.69) is 5.32 Å². The van der Waals surface area contributed by atoms with E-state index in [0.29, 0.717) is 0 Å². The minimum absolute atomic E-state index is 0.0711. The van der Waals surface area contributed by atoms with E-state index in [0.717, 1.165) is 27.3 Å². The second-order valence-corrected chi connectivity index (χ2v) is 9.37. The smallest absolute Gasteiger partial charge is 0.350 e. The zero-order valence-corrected chi connectivity index (χ0v) is 17.5. The maximum Gasteiger partial charge on any atom is 0.350 e. The number of hydrogen-bond acceptors (Lipinski definition) is 6. The molecule has 1 N–H and O–H groups in total. The van der Waals surface area contributed by atoms with Crippen LogP contribution in [0.1, 0.15) is 15.2 Å². The SMILES string of the molecule is COC(=O)c1sc(-c2ccccc2)cc1NC(=O)CS(=O)(=O)c1ccc(C)cc1. The van der Waals surface area contributed by atoms with E-state index in [4.69, 9.17) is 4.74 Å². The summed E-state index contributed by atoms with van der Waals surface area (Å²) in [5.74, 6) is -2.06. The molecule has 1 aromatic heterocycles. The van der Waals surface area contributed by atoms with Crippen LogP contribution in [-0.4, -0.2) is 33.2 Å². The third-order valence-corrected chi connectivity index (χ3v) is 6.93. The lowest BCUT2D eigenvalue weighted by molar-refractivity contribution is -0.113. The highest BCUT2D eigenvalue weighted by Gasteiger charge is 2.23. The minimum atomic E-state index is -3.81. The van der Waals surface area contributed by atoms with Gasteiger partial charge in [0.1, 0.15) is 10.6 Å². The lowest BCUT2D eigenvalue weighted by Gasteiger charge is -2.07. The Hall–Kier alpha value is -2.97. The van der Waals surface area contributed by atoms with Crippen LogP contribution >= 0.6 is 11.3 Å². The number of rotatable bonds is 6. The molecule has 0 aliphatic carbocycles. The molecule has 0 aliphatic heterocycles. The Morgan fingerprint density at radius 1 is 1.03 bits per heavy atom. The Balaban J connectivity index is 1.84. The van der Waals surface area contributed by atoms with Crippen LogP contribution in [-0.2, 0) is 19.4 Å². The van der Waals surface area contributed by atoms with Crippen molar-refractivity contribution in [3.8, 4) is 10.4 Å². The van der Waals surface area contributed by atoms with Crippen LogP contribution in [0.4, 0.5) is 5.69 Å². The van der Waals surface area contributed by atoms with Crippen LogP contribution in [0.2, 0.25) is 0 Å². The molecule has 0 atom stereocenters. The van der Waals surface area contributed by atoms with Gasteiger partial charge in [0.05, 0.1) is 17.7 Å². The summed E-state index contributed by atoms with van der Waals surface area (Å²) in [6.45, 7) is 1.85. The van der Waals surface area contributed by atoms with Crippen molar-refractivity contribution in [2.45, 2.75) is 11.8 Å². The number of esters is 1. The molecule has 29 heavy (non-hydrogen) atoms. The van der Waals surface area contributed by atoms with Gasteiger partial charge >= 0.3 is 5.97 Å². The number of ether oxygens (including phenoxy) is 1. The molecule has 3 rings (SSSR count). The minimum Gasteiger partial charge on any atom is -0.465 e. The lowest BCUT2D eigenvalue weighted by atomic mass is 10.2. The summed E-state index contributed by atoms with van der Waals surface area (Å²) in [6.07, 6.45) is 0. The van der Waals surface area contributed by atoms with Crippen LogP contribution in [0.15, 0.2) is 65.6 Å². The van der Waals surface area contributed by atoms with Gasteiger partial charge < -0.3 is 10.1 Å². The van der Waals surface area contributed by atoms with Crippen molar-refractivity contribution in [3.05, 3.63) is 71.1 Å². The van der Waals surface area contributed by atoms with Gasteiger partial charge in [-0.2, -0.15) is 0 Å². The third-order valence-electron chi connectivity index (χ3n) is 4.14. The Morgan fingerprint density at radius 3 is 2.31 bits per heavy atom. The van der Waals surface area contributed by atoms with E-state index >= 15 is 0 Å². The maximum absolute atomic E-state index is 12.5. The standard InChI is InChI=1S/C21H19NO5S2/c1-14-8-10-16(11-9-14)29(25,26)13-19(23)22-17-12-18(15-6-4-3-5-7-15)28-20(17)21(24)27-2/h3-12H,13H2,1-2H3,(H,22,23). The third kappa shape index (κ3) is 4.90. The fourth-order valence-corrected chi connectivity index (χ4v) is 4.83. The number of benzene rings is 2. The van der Waals surface area contributed by atoms with E-state index in [1.807, 2.05) is 37.3 Å². The average Bonchev–Trinajstić information content (AvgIpc) is 3.11. The first-order valence-electron chi connectivity index (χ1n) is 8.67. The summed E-state index contributed by atoms with van der Waals surface area (Å²) in [5, 5.41) is 2.54. The molecule has 0 saturated heterocycles. The number of aryl methyl sites for hydroxylation is 1. The molecular weight excluding hydrogens is 410 g/mol. The van der Waals surface area contributed by atoms with Crippen LogP contribution in [0.3, 0.4) is 0 Å². The number of anilines is 1. The zero-order chi connectivity index (χ0) is 21.0. The zero-order valence-electron chi connectivity index (χ0n) is 15.8. The van der Waals surface area contributed by atoms with Gasteiger partial charge in [0.15, 0.2) is 9.84 Å². The van der Waals surface area contributed by atoms with E-state index in [-0.39, 0.29) is 15.5 Å². The Bertz CT molecular complexity index is 1130. The van der Waals surface area contributed by atoms with Crippen molar-refractivity contribution < 1.29 is 22.7 Å². The number of amides is 1. The maximum atomic E-state index is 12.5. The fourth-order valence-electron chi connectivity index (χ4n) is 2.66. The van der Waals surface area contributed by atoms with Gasteiger partial charge in [-0.15, -0.1) is 11.3 Å². The molecule has 150 valence electrons. The molecule has 0 bridgehead atoms. The van der Waals surface area contributed by atoms with Gasteiger partial charge in [-0.3, -0.25) is 4.79 Å². The Morgan fingerprint density at radius 2 is 1.69 bits per heavy atom. The average molecular weight is 430 g/mol. The summed E-state index contributed by atoms with van der Waals surface area (Å²) in [4.78, 5) is 25.6. The van der Waals surface area contributed by atoms with Gasteiger partial charge in [0, 0.05) is 4.88 Å². The first kappa shape index (κ1) is 20.8. The molecule has 0 unspecified atom stereocenters. The van der Waals surface area contributed by atoms with E-state index in [1.54, 1.807) is 18.2 Å². The first-order valence-corrected chi connectivity index (χ1v) is 11.1. The normalized spacial score (nSPS) is 11.1. The molecule has 1 amide bonds. The molecule has 0 saturated carbocycles. The topological polar surface area (TPSA) is 89.5 Å². The highest BCUT2D eigenvalue weighted by molar-refractivity contribution is 7.92. The molecule has 6 nitrogen and oxygen atoms in total. The molecule has 1 heterocycles. The molecule has 8 heteroatoms. The molecule has 0 aliphatic rings. The van der Waals surface area contributed by atoms with Crippen molar-refractivity contribution in [2.24, 2.45) is 0 Å². The quantitative estimate of drug-likeness (QED) is 0.600. The second kappa shape index (κ2) is 8.59. The summed E-state index contributed by atoms with van der Waals surface area (Å²) < 4.78 is 29.8. The first-order chi connectivity index (χ1) is 13.8. The second-order valence-electron chi connectivity index (χ2n) is 6.33. The van der Waals surface area contributed by atoms with Crippen LogP contribution in [0, 0.1) is 6.92 Å². The summed E-state index contributed by atoms with van der Waals surface area (Å²) in [5.41, 5.74) is 2.02. The van der Waals surface area contributed by atoms with Gasteiger partial charge in [0.2, 0.25) is 5.91 Å². The van der Waals surface area contributed by atoms with E-state index in [9.17, 15) is 18.0 Å². The number of hydrogen-bond donors (Lipinski definition) is 1. The van der Waals surface area contributed by atoms with Crippen LogP contribution in [0.25, 0.3) is 10.4 Å². The number of nitrogens with one attached hydrogen (secondary N) is 1. The van der Waals surface area contributed by atoms with Gasteiger partial charge in [-0.1, -0.05) is 48.0 Å². The lowest BCUT2D eigenvalue weighted by Crippen LogP contribution is -2.23. The van der Waals surface area contributed by atoms with E-state index in [1.165, 1.54) is 19.2 Å². The number of carbonyl (C=O) groups is 2. The number of sulfone groups is 1. The number of methoxy groups -OCH3 is 1. The molecular formula is C21H19NO5S2. The van der Waals surface area contributed by atoms with Crippen molar-refractivity contribution in [1.82, 2.24) is 0 Å². The molecule has 3 aromatic rings. The Labute approximate surface area is 173 Å². The van der Waals surface area contributed by atoms with Gasteiger partial charge in [0.25, 0.3) is 0 Å². The van der Waals surface area contributed by atoms with Crippen LogP contribution < -0.4 is 5.32 Å². The summed E-state index contributed by atoms with van der Waals surface area (Å²) >= 11 is 1.16. The van der Waals surface area contributed by atoms with Crippen molar-refractivity contribution >= 4 is 38.7 Å². The fraction of sp³-hybridized carbons (Fsp3) is 0.143. The summed E-state index contributed by atoms with van der Waals surface area (Å²) in [6, 6.07) is 17.3. The predicted octanol–water partition coefficient (Wildman–Crippen LogP) is 3.92. The van der Waals surface area contributed by atoms with Crippen LogP contribution in [0.5, 0.6) is 0 Å². The molecule has 0 radical (unpaired) electrons. The molecule has 2 aromatic carbocycles. The van der Waals surface area contributed by atoms with Gasteiger partial charge in [-0.25, -0.2) is 13.2 Å². The number of carbonyl (C=O) groups excluding carboxylic acids is 2. The molecule has 0 fully saturated rings. The van der Waals surface area contributed by atoms with Crippen molar-refractivity contribution in [1.29, 1.82) is 0 Å². The molecule has 0 spiro atoms. The van der Waals surface area contributed by atoms with Crippen molar-refractivity contribution in [3.63, 3.8) is 0 Å². The predicted molar refractivity (Wildman–Crippen MR) is 113 cm³/mol. The van der Waals surface area contributed by atoms with Gasteiger partial charge in [-0.05, 0) is 30.7 Å². The van der Waals surface area contributed by atoms with Crippen molar-refractivity contribution in [2.75, 3.05) is 18.2 Å². The van der Waals surface area contributed by atoms with E-state index < -0.39 is 27.5 Å². The highest BCUT2D eigenvalue weighted by Crippen LogP contribution is 2.35. The monoisotopic (exact) mass is 429 g/mol. The Kier molecular flexibility index (Phi) is 6.14. The highest BCUT2D eigenvalue weighted by atomic mass is 32.2.